The highest BCUT2D eigenvalue weighted by Crippen LogP contribution is 2.23. The van der Waals surface area contributed by atoms with E-state index in [1.807, 2.05) is 0 Å². The van der Waals surface area contributed by atoms with Crippen LogP contribution in [0.2, 0.25) is 5.02 Å². The molecular weight excluding hydrogens is 357 g/mol. The molecule has 0 unspecified atom stereocenters. The summed E-state index contributed by atoms with van der Waals surface area (Å²) in [4.78, 5) is 12.0. The van der Waals surface area contributed by atoms with Gasteiger partial charge in [-0.3, -0.25) is 4.79 Å². The first-order chi connectivity index (χ1) is 11.8. The van der Waals surface area contributed by atoms with E-state index in [9.17, 15) is 18.0 Å². The minimum absolute atomic E-state index is 0.210. The van der Waals surface area contributed by atoms with Crippen molar-refractivity contribution in [3.63, 3.8) is 0 Å². The van der Waals surface area contributed by atoms with Gasteiger partial charge in [0.25, 0.3) is 5.91 Å². The topological polar surface area (TPSA) is 90.9 Å². The molecule has 0 saturated heterocycles. The van der Waals surface area contributed by atoms with Crippen molar-refractivity contribution in [3.8, 4) is 6.07 Å². The van der Waals surface area contributed by atoms with E-state index >= 15 is 0 Å². The summed E-state index contributed by atoms with van der Waals surface area (Å²) >= 11 is 5.82. The average molecular weight is 367 g/mol. The van der Waals surface area contributed by atoms with Crippen LogP contribution in [0.1, 0.15) is 0 Å². The van der Waals surface area contributed by atoms with Gasteiger partial charge in [-0.05, 0) is 30.3 Å². The predicted molar refractivity (Wildman–Crippen MR) is 88.1 cm³/mol. The van der Waals surface area contributed by atoms with E-state index in [1.165, 1.54) is 18.2 Å². The summed E-state index contributed by atoms with van der Waals surface area (Å²) in [5, 5.41) is 13.9. The lowest BCUT2D eigenvalue weighted by molar-refractivity contribution is -0.112. The van der Waals surface area contributed by atoms with Gasteiger partial charge in [0.15, 0.2) is 17.5 Å². The number of rotatable bonds is 4. The van der Waals surface area contributed by atoms with E-state index in [2.05, 4.69) is 10.6 Å². The number of anilines is 3. The molecule has 0 spiro atoms. The number of carbonyl (C=O) groups excluding carboxylic acids is 1. The van der Waals surface area contributed by atoms with E-state index < -0.39 is 34.6 Å². The van der Waals surface area contributed by atoms with Crippen molar-refractivity contribution in [2.24, 2.45) is 0 Å². The first-order valence-corrected chi connectivity index (χ1v) is 7.08. The van der Waals surface area contributed by atoms with Crippen molar-refractivity contribution in [2.45, 2.75) is 0 Å². The molecule has 5 nitrogen and oxygen atoms in total. The summed E-state index contributed by atoms with van der Waals surface area (Å²) in [7, 11) is 0. The number of nitriles is 1. The van der Waals surface area contributed by atoms with Gasteiger partial charge in [0.05, 0.1) is 16.4 Å². The van der Waals surface area contributed by atoms with Gasteiger partial charge in [-0.2, -0.15) is 5.26 Å². The number of nitrogens with two attached hydrogens (primary N) is 1. The smallest absolute Gasteiger partial charge is 0.267 e. The van der Waals surface area contributed by atoms with Crippen LogP contribution in [-0.4, -0.2) is 5.91 Å². The molecule has 9 heteroatoms. The minimum Gasteiger partial charge on any atom is -0.398 e. The van der Waals surface area contributed by atoms with Gasteiger partial charge in [-0.1, -0.05) is 11.6 Å². The second kappa shape index (κ2) is 7.59. The number of nitrogens with one attached hydrogen (secondary N) is 2. The first-order valence-electron chi connectivity index (χ1n) is 6.70. The minimum atomic E-state index is -1.67. The van der Waals surface area contributed by atoms with Gasteiger partial charge in [-0.25, -0.2) is 13.2 Å². The summed E-state index contributed by atoms with van der Waals surface area (Å²) in [6.45, 7) is 0. The Morgan fingerprint density at radius 1 is 1.20 bits per heavy atom. The highest BCUT2D eigenvalue weighted by atomic mass is 35.5. The van der Waals surface area contributed by atoms with Gasteiger partial charge in [-0.15, -0.1) is 0 Å². The Kier molecular flexibility index (Phi) is 5.52. The monoisotopic (exact) mass is 366 g/mol. The zero-order chi connectivity index (χ0) is 18.6. The van der Waals surface area contributed by atoms with Crippen molar-refractivity contribution in [2.75, 3.05) is 16.4 Å². The SMILES string of the molecule is N#C/C(=C/Nc1ccc(F)c(F)c1F)C(=O)Nc1ccc(N)c(Cl)c1. The standard InChI is InChI=1S/C16H10ClF3N4O/c17-10-5-9(1-3-12(10)22)24-16(25)8(6-21)7-23-13-4-2-11(18)14(19)15(13)20/h1-5,7,23H,22H2,(H,24,25)/b8-7-. The fraction of sp³-hybridized carbons (Fsp3) is 0. The lowest BCUT2D eigenvalue weighted by Gasteiger charge is -2.07. The van der Waals surface area contributed by atoms with Crippen LogP contribution in [0.4, 0.5) is 30.2 Å². The maximum Gasteiger partial charge on any atom is 0.267 e. The normalized spacial score (nSPS) is 10.9. The lowest BCUT2D eigenvalue weighted by Crippen LogP contribution is -2.14. The summed E-state index contributed by atoms with van der Waals surface area (Å²) in [5.74, 6) is -5.32. The molecule has 0 aliphatic carbocycles. The van der Waals surface area contributed by atoms with Crippen LogP contribution in [0.15, 0.2) is 42.1 Å². The van der Waals surface area contributed by atoms with Crippen LogP contribution in [0.5, 0.6) is 0 Å². The molecule has 2 aromatic carbocycles. The number of hydrogen-bond acceptors (Lipinski definition) is 4. The van der Waals surface area contributed by atoms with Crippen LogP contribution >= 0.6 is 11.6 Å². The van der Waals surface area contributed by atoms with E-state index in [4.69, 9.17) is 22.6 Å². The molecular formula is C16H10ClF3N4O. The molecule has 1 amide bonds. The Morgan fingerprint density at radius 2 is 1.92 bits per heavy atom. The molecule has 128 valence electrons. The maximum absolute atomic E-state index is 13.5. The van der Waals surface area contributed by atoms with E-state index in [0.717, 1.165) is 12.3 Å². The van der Waals surface area contributed by atoms with Gasteiger partial charge >= 0.3 is 0 Å². The molecule has 0 radical (unpaired) electrons. The van der Waals surface area contributed by atoms with Crippen LogP contribution in [0, 0.1) is 28.8 Å². The van der Waals surface area contributed by atoms with Gasteiger partial charge in [0, 0.05) is 11.9 Å². The summed E-state index contributed by atoms with van der Waals surface area (Å²) in [6.07, 6.45) is 0.865. The zero-order valence-corrected chi connectivity index (χ0v) is 13.2. The van der Waals surface area contributed by atoms with Crippen LogP contribution < -0.4 is 16.4 Å². The third-order valence-corrected chi connectivity index (χ3v) is 3.36. The number of nitrogens with zero attached hydrogens (tertiary/aromatic N) is 1. The molecule has 2 aromatic rings. The fourth-order valence-electron chi connectivity index (χ4n) is 1.74. The molecule has 0 saturated carbocycles. The predicted octanol–water partition coefficient (Wildman–Crippen LogP) is 3.80. The highest BCUT2D eigenvalue weighted by molar-refractivity contribution is 6.33. The first kappa shape index (κ1) is 18.2. The quantitative estimate of drug-likeness (QED) is 0.332. The molecule has 0 heterocycles. The van der Waals surface area contributed by atoms with E-state index in [-0.39, 0.29) is 10.7 Å². The Hall–Kier alpha value is -3.18. The summed E-state index contributed by atoms with van der Waals surface area (Å²) in [5.41, 5.74) is 5.27. The molecule has 0 aliphatic rings. The van der Waals surface area contributed by atoms with Crippen LogP contribution in [0.25, 0.3) is 0 Å². The van der Waals surface area contributed by atoms with Crippen molar-refractivity contribution in [1.82, 2.24) is 0 Å². The largest absolute Gasteiger partial charge is 0.398 e. The fourth-order valence-corrected chi connectivity index (χ4v) is 1.92. The molecule has 2 rings (SSSR count). The van der Waals surface area contributed by atoms with Gasteiger partial charge in [0.2, 0.25) is 0 Å². The molecule has 0 aliphatic heterocycles. The zero-order valence-electron chi connectivity index (χ0n) is 12.4. The van der Waals surface area contributed by atoms with Crippen LogP contribution in [0.3, 0.4) is 0 Å². The number of carbonyl (C=O) groups is 1. The lowest BCUT2D eigenvalue weighted by atomic mass is 10.2. The Bertz CT molecular complexity index is 909. The molecule has 0 bridgehead atoms. The van der Waals surface area contributed by atoms with Crippen molar-refractivity contribution in [3.05, 3.63) is 64.6 Å². The Balaban J connectivity index is 2.17. The number of benzene rings is 2. The number of halogens is 4. The number of hydrogen-bond donors (Lipinski definition) is 3. The molecule has 0 atom stereocenters. The van der Waals surface area contributed by atoms with E-state index in [0.29, 0.717) is 11.8 Å². The third-order valence-electron chi connectivity index (χ3n) is 3.03. The van der Waals surface area contributed by atoms with Crippen molar-refractivity contribution in [1.29, 1.82) is 5.26 Å². The maximum atomic E-state index is 13.5. The second-order valence-electron chi connectivity index (χ2n) is 4.73. The van der Waals surface area contributed by atoms with E-state index in [1.54, 1.807) is 6.07 Å². The van der Waals surface area contributed by atoms with Crippen LogP contribution in [-0.2, 0) is 4.79 Å². The van der Waals surface area contributed by atoms with Crippen molar-refractivity contribution < 1.29 is 18.0 Å². The molecule has 25 heavy (non-hydrogen) atoms. The average Bonchev–Trinajstić information content (AvgIpc) is 2.58. The van der Waals surface area contributed by atoms with Gasteiger partial charge in [0.1, 0.15) is 11.6 Å². The summed E-state index contributed by atoms with van der Waals surface area (Å²) in [6, 6.07) is 7.55. The molecule has 0 aromatic heterocycles. The Labute approximate surface area is 145 Å². The summed E-state index contributed by atoms with van der Waals surface area (Å²) < 4.78 is 39.5. The third kappa shape index (κ3) is 4.22. The molecule has 4 N–H and O–H groups in total. The van der Waals surface area contributed by atoms with Gasteiger partial charge < -0.3 is 16.4 Å². The van der Waals surface area contributed by atoms with Crippen molar-refractivity contribution >= 4 is 34.6 Å². The highest BCUT2D eigenvalue weighted by Gasteiger charge is 2.14. The number of amides is 1. The molecule has 0 fully saturated rings. The second-order valence-corrected chi connectivity index (χ2v) is 5.13. The Morgan fingerprint density at radius 3 is 2.56 bits per heavy atom. The number of nitrogen functional groups attached to an aromatic ring is 1.